The van der Waals surface area contributed by atoms with Gasteiger partial charge in [0.05, 0.1) is 5.69 Å². The van der Waals surface area contributed by atoms with Crippen LogP contribution in [0.2, 0.25) is 0 Å². The second-order valence-corrected chi connectivity index (χ2v) is 7.09. The Hall–Kier alpha value is -1.87. The highest BCUT2D eigenvalue weighted by molar-refractivity contribution is 7.94. The monoisotopic (exact) mass is 314 g/mol. The van der Waals surface area contributed by atoms with Crippen LogP contribution in [0.5, 0.6) is 5.75 Å². The van der Waals surface area contributed by atoms with E-state index < -0.39 is 10.0 Å². The first-order chi connectivity index (χ1) is 9.36. The molecule has 1 heterocycles. The first-order valence-electron chi connectivity index (χ1n) is 5.77. The van der Waals surface area contributed by atoms with Crippen LogP contribution in [0.1, 0.15) is 12.5 Å². The molecule has 0 amide bonds. The Morgan fingerprint density at radius 1 is 1.40 bits per heavy atom. The topological polar surface area (TPSA) is 109 Å². The molecule has 1 aromatic carbocycles. The van der Waals surface area contributed by atoms with Crippen LogP contribution in [0.25, 0.3) is 0 Å². The van der Waals surface area contributed by atoms with Gasteiger partial charge in [-0.3, -0.25) is 4.31 Å². The SMILES string of the molecule is CCN(c1cc(O)ccc1C)S(=O)(=O)c1nnc(N)s1. The lowest BCUT2D eigenvalue weighted by Crippen LogP contribution is -2.31. The standard InChI is InChI=1S/C11H14N4O3S2/c1-3-15(9-6-8(16)5-4-7(9)2)20(17,18)11-14-13-10(12)19-11/h4-6,16H,3H2,1-2H3,(H2,12,13). The van der Waals surface area contributed by atoms with Crippen molar-refractivity contribution in [3.63, 3.8) is 0 Å². The molecular formula is C11H14N4O3S2. The summed E-state index contributed by atoms with van der Waals surface area (Å²) in [7, 11) is -3.84. The molecule has 0 aliphatic carbocycles. The quantitative estimate of drug-likeness (QED) is 0.881. The van der Waals surface area contributed by atoms with Crippen LogP contribution in [0.15, 0.2) is 22.5 Å². The largest absolute Gasteiger partial charge is 0.508 e. The number of phenolic OH excluding ortho intramolecular Hbond substituents is 1. The minimum atomic E-state index is -3.84. The van der Waals surface area contributed by atoms with E-state index in [9.17, 15) is 13.5 Å². The van der Waals surface area contributed by atoms with Crippen molar-refractivity contribution in [1.29, 1.82) is 0 Å². The van der Waals surface area contributed by atoms with Crippen molar-refractivity contribution in [3.05, 3.63) is 23.8 Å². The molecule has 0 fully saturated rings. The number of anilines is 2. The molecule has 2 rings (SSSR count). The lowest BCUT2D eigenvalue weighted by molar-refractivity contribution is 0.475. The first-order valence-corrected chi connectivity index (χ1v) is 8.03. The van der Waals surface area contributed by atoms with Gasteiger partial charge in [-0.15, -0.1) is 10.2 Å². The van der Waals surface area contributed by atoms with Gasteiger partial charge in [0.1, 0.15) is 5.75 Å². The minimum absolute atomic E-state index is 0.00368. The third-order valence-corrected chi connectivity index (χ3v) is 5.67. The number of benzene rings is 1. The van der Waals surface area contributed by atoms with Gasteiger partial charge in [0.2, 0.25) is 5.13 Å². The van der Waals surface area contributed by atoms with E-state index in [0.29, 0.717) is 5.69 Å². The number of rotatable bonds is 4. The van der Waals surface area contributed by atoms with E-state index in [1.165, 1.54) is 16.4 Å². The summed E-state index contributed by atoms with van der Waals surface area (Å²) < 4.78 is 26.1. The molecule has 0 spiro atoms. The molecular weight excluding hydrogens is 300 g/mol. The fraction of sp³-hybridized carbons (Fsp3) is 0.273. The van der Waals surface area contributed by atoms with Gasteiger partial charge in [-0.25, -0.2) is 0 Å². The molecule has 7 nitrogen and oxygen atoms in total. The number of aromatic nitrogens is 2. The molecule has 0 radical (unpaired) electrons. The molecule has 0 aliphatic rings. The van der Waals surface area contributed by atoms with Crippen LogP contribution in [-0.2, 0) is 10.0 Å². The predicted molar refractivity (Wildman–Crippen MR) is 77.4 cm³/mol. The second kappa shape index (κ2) is 5.25. The van der Waals surface area contributed by atoms with E-state index in [1.807, 2.05) is 0 Å². The summed E-state index contributed by atoms with van der Waals surface area (Å²) in [6.45, 7) is 3.67. The van der Waals surface area contributed by atoms with Crippen LogP contribution in [0.4, 0.5) is 10.8 Å². The van der Waals surface area contributed by atoms with Crippen LogP contribution in [0, 0.1) is 6.92 Å². The number of nitrogen functional groups attached to an aromatic ring is 1. The summed E-state index contributed by atoms with van der Waals surface area (Å²) in [5.41, 5.74) is 6.56. The molecule has 0 unspecified atom stereocenters. The van der Waals surface area contributed by atoms with Gasteiger partial charge in [-0.1, -0.05) is 17.4 Å². The molecule has 0 aliphatic heterocycles. The highest BCUT2D eigenvalue weighted by Gasteiger charge is 2.28. The van der Waals surface area contributed by atoms with E-state index in [-0.39, 0.29) is 21.8 Å². The molecule has 0 saturated carbocycles. The predicted octanol–water partition coefficient (Wildman–Crippen LogP) is 1.35. The number of aromatic hydroxyl groups is 1. The number of nitrogens with zero attached hydrogens (tertiary/aromatic N) is 3. The van der Waals surface area contributed by atoms with Crippen molar-refractivity contribution in [1.82, 2.24) is 10.2 Å². The Kier molecular flexibility index (Phi) is 3.82. The normalized spacial score (nSPS) is 11.5. The average molecular weight is 314 g/mol. The minimum Gasteiger partial charge on any atom is -0.508 e. The Balaban J connectivity index is 2.54. The summed E-state index contributed by atoms with van der Waals surface area (Å²) in [6, 6.07) is 4.56. The molecule has 3 N–H and O–H groups in total. The molecule has 20 heavy (non-hydrogen) atoms. The van der Waals surface area contributed by atoms with Gasteiger partial charge < -0.3 is 10.8 Å². The van der Waals surface area contributed by atoms with Crippen molar-refractivity contribution >= 4 is 32.2 Å². The van der Waals surface area contributed by atoms with Gasteiger partial charge in [0.15, 0.2) is 0 Å². The molecule has 2 aromatic rings. The van der Waals surface area contributed by atoms with Crippen molar-refractivity contribution < 1.29 is 13.5 Å². The third kappa shape index (κ3) is 2.54. The summed E-state index contributed by atoms with van der Waals surface area (Å²) in [4.78, 5) is 0. The summed E-state index contributed by atoms with van der Waals surface area (Å²) in [5, 5.41) is 16.8. The van der Waals surface area contributed by atoms with Gasteiger partial charge in [0, 0.05) is 12.6 Å². The number of phenols is 1. The molecule has 9 heteroatoms. The van der Waals surface area contributed by atoms with E-state index >= 15 is 0 Å². The zero-order valence-corrected chi connectivity index (χ0v) is 12.6. The summed E-state index contributed by atoms with van der Waals surface area (Å²) in [6.07, 6.45) is 0. The van der Waals surface area contributed by atoms with Gasteiger partial charge in [0.25, 0.3) is 14.4 Å². The van der Waals surface area contributed by atoms with Crippen LogP contribution < -0.4 is 10.0 Å². The van der Waals surface area contributed by atoms with Gasteiger partial charge in [-0.2, -0.15) is 8.42 Å². The number of sulfonamides is 1. The zero-order valence-electron chi connectivity index (χ0n) is 10.9. The Morgan fingerprint density at radius 2 is 2.10 bits per heavy atom. The average Bonchev–Trinajstić information content (AvgIpc) is 2.81. The Labute approximate surface area is 120 Å². The lowest BCUT2D eigenvalue weighted by Gasteiger charge is -2.23. The van der Waals surface area contributed by atoms with Crippen molar-refractivity contribution in [2.75, 3.05) is 16.6 Å². The van der Waals surface area contributed by atoms with E-state index in [4.69, 9.17) is 5.73 Å². The molecule has 0 saturated heterocycles. The summed E-state index contributed by atoms with van der Waals surface area (Å²) >= 11 is 0.807. The maximum atomic E-state index is 12.5. The van der Waals surface area contributed by atoms with Crippen LogP contribution in [-0.4, -0.2) is 30.3 Å². The first kappa shape index (κ1) is 14.5. The Bertz CT molecular complexity index is 727. The molecule has 108 valence electrons. The fourth-order valence-electron chi connectivity index (χ4n) is 1.76. The van der Waals surface area contributed by atoms with Crippen LogP contribution >= 0.6 is 11.3 Å². The number of aryl methyl sites for hydroxylation is 1. The zero-order chi connectivity index (χ0) is 14.9. The van der Waals surface area contributed by atoms with Gasteiger partial charge in [-0.05, 0) is 25.5 Å². The van der Waals surface area contributed by atoms with Crippen molar-refractivity contribution in [2.45, 2.75) is 18.2 Å². The maximum absolute atomic E-state index is 12.5. The van der Waals surface area contributed by atoms with E-state index in [0.717, 1.165) is 16.9 Å². The van der Waals surface area contributed by atoms with E-state index in [2.05, 4.69) is 10.2 Å². The number of hydrogen-bond donors (Lipinski definition) is 2. The molecule has 0 bridgehead atoms. The Morgan fingerprint density at radius 3 is 2.65 bits per heavy atom. The summed E-state index contributed by atoms with van der Waals surface area (Å²) in [5.74, 6) is -0.00368. The third-order valence-electron chi connectivity index (χ3n) is 2.68. The number of nitrogens with two attached hydrogens (primary N) is 1. The molecule has 1 aromatic heterocycles. The van der Waals surface area contributed by atoms with Gasteiger partial charge >= 0.3 is 0 Å². The maximum Gasteiger partial charge on any atom is 0.293 e. The highest BCUT2D eigenvalue weighted by Crippen LogP contribution is 2.30. The lowest BCUT2D eigenvalue weighted by atomic mass is 10.2. The highest BCUT2D eigenvalue weighted by atomic mass is 32.2. The van der Waals surface area contributed by atoms with Crippen LogP contribution in [0.3, 0.4) is 0 Å². The van der Waals surface area contributed by atoms with Crippen molar-refractivity contribution in [3.8, 4) is 5.75 Å². The number of hydrogen-bond acceptors (Lipinski definition) is 7. The van der Waals surface area contributed by atoms with E-state index in [1.54, 1.807) is 19.9 Å². The fourth-order valence-corrected chi connectivity index (χ4v) is 4.17. The second-order valence-electron chi connectivity index (χ2n) is 4.05. The molecule has 0 atom stereocenters. The van der Waals surface area contributed by atoms with Crippen molar-refractivity contribution in [2.24, 2.45) is 0 Å². The smallest absolute Gasteiger partial charge is 0.293 e.